The van der Waals surface area contributed by atoms with E-state index in [1.54, 1.807) is 6.07 Å². The first-order valence-electron chi connectivity index (χ1n) is 6.16. The molecule has 1 aromatic rings. The zero-order chi connectivity index (χ0) is 14.9. The van der Waals surface area contributed by atoms with Crippen LogP contribution in [0.15, 0.2) is 18.2 Å². The van der Waals surface area contributed by atoms with Crippen LogP contribution in [0.4, 0.5) is 5.69 Å². The molecule has 0 saturated carbocycles. The molecule has 0 radical (unpaired) electrons. The molecule has 0 bridgehead atoms. The number of hydrogen-bond donors (Lipinski definition) is 3. The van der Waals surface area contributed by atoms with Gasteiger partial charge in [0.15, 0.2) is 0 Å². The van der Waals surface area contributed by atoms with E-state index in [4.69, 9.17) is 16.2 Å². The lowest BCUT2D eigenvalue weighted by molar-refractivity contribution is -0.121. The Morgan fingerprint density at radius 3 is 2.70 bits per heavy atom. The number of β-amino-alcohol motifs (C(OH)–C–C–N with tert-alkyl or cyclic N) is 1. The Balaban J connectivity index is 2.29. The van der Waals surface area contributed by atoms with Gasteiger partial charge in [-0.3, -0.25) is 9.59 Å². The van der Waals surface area contributed by atoms with Crippen LogP contribution in [-0.4, -0.2) is 47.6 Å². The molecule has 0 aromatic heterocycles. The number of rotatable bonds is 3. The first kappa shape index (κ1) is 14.1. The molecule has 1 aliphatic rings. The Kier molecular flexibility index (Phi) is 3.80. The summed E-state index contributed by atoms with van der Waals surface area (Å²) in [5.41, 5.74) is 11.6. The van der Waals surface area contributed by atoms with Crippen molar-refractivity contribution >= 4 is 17.5 Å². The maximum atomic E-state index is 12.4. The van der Waals surface area contributed by atoms with E-state index >= 15 is 0 Å². The highest BCUT2D eigenvalue weighted by molar-refractivity contribution is 6.01. The minimum absolute atomic E-state index is 0.0674. The van der Waals surface area contributed by atoms with Gasteiger partial charge in [0, 0.05) is 24.7 Å². The van der Waals surface area contributed by atoms with Crippen LogP contribution in [0.1, 0.15) is 16.8 Å². The van der Waals surface area contributed by atoms with Crippen molar-refractivity contribution in [3.63, 3.8) is 0 Å². The van der Waals surface area contributed by atoms with Crippen molar-refractivity contribution < 1.29 is 19.4 Å². The highest BCUT2D eigenvalue weighted by atomic mass is 16.5. The largest absolute Gasteiger partial charge is 0.497 e. The van der Waals surface area contributed by atoms with E-state index in [2.05, 4.69) is 0 Å². The topological polar surface area (TPSA) is 119 Å². The maximum absolute atomic E-state index is 12.4. The minimum Gasteiger partial charge on any atom is -0.497 e. The predicted octanol–water partition coefficient (Wildman–Crippen LogP) is -0.662. The number of hydrogen-bond acceptors (Lipinski definition) is 5. The number of methoxy groups -OCH3 is 1. The fourth-order valence-electron chi connectivity index (χ4n) is 2.33. The number of aliphatic hydroxyl groups is 1. The number of nitrogens with zero attached hydrogens (tertiary/aromatic N) is 1. The molecule has 1 saturated heterocycles. The summed E-state index contributed by atoms with van der Waals surface area (Å²) in [6.45, 7) is 0.0674. The van der Waals surface area contributed by atoms with E-state index in [0.717, 1.165) is 0 Å². The van der Waals surface area contributed by atoms with Crippen LogP contribution in [0.25, 0.3) is 0 Å². The van der Waals surface area contributed by atoms with Gasteiger partial charge in [-0.1, -0.05) is 0 Å². The Morgan fingerprint density at radius 1 is 1.45 bits per heavy atom. The second-order valence-corrected chi connectivity index (χ2v) is 4.72. The third-order valence-corrected chi connectivity index (χ3v) is 3.36. The van der Waals surface area contributed by atoms with Crippen LogP contribution in [-0.2, 0) is 4.79 Å². The van der Waals surface area contributed by atoms with Crippen molar-refractivity contribution in [3.05, 3.63) is 23.8 Å². The quantitative estimate of drug-likeness (QED) is 0.634. The Bertz CT molecular complexity index is 546. The summed E-state index contributed by atoms with van der Waals surface area (Å²) < 4.78 is 5.01. The summed E-state index contributed by atoms with van der Waals surface area (Å²) >= 11 is 0. The molecule has 0 aliphatic carbocycles. The summed E-state index contributed by atoms with van der Waals surface area (Å²) in [7, 11) is 1.50. The number of likely N-dealkylation sites (tertiary alicyclic amines) is 1. The monoisotopic (exact) mass is 279 g/mol. The van der Waals surface area contributed by atoms with Crippen molar-refractivity contribution in [2.24, 2.45) is 5.73 Å². The second kappa shape index (κ2) is 5.38. The van der Waals surface area contributed by atoms with Gasteiger partial charge in [0.1, 0.15) is 11.8 Å². The molecule has 1 aromatic carbocycles. The number of amides is 2. The number of benzene rings is 1. The van der Waals surface area contributed by atoms with Crippen LogP contribution in [0.2, 0.25) is 0 Å². The van der Waals surface area contributed by atoms with Gasteiger partial charge in [-0.15, -0.1) is 0 Å². The standard InChI is InChI=1S/C13H17N3O4/c1-20-8-2-3-9(10(14)5-8)13(19)16-6-7(17)4-11(16)12(15)18/h2-3,5,7,11,17H,4,6,14H2,1H3,(H2,15,18). The van der Waals surface area contributed by atoms with Gasteiger partial charge in [0.2, 0.25) is 5.91 Å². The van der Waals surface area contributed by atoms with Gasteiger partial charge in [0.05, 0.1) is 18.8 Å². The number of carbonyl (C=O) groups excluding carboxylic acids is 2. The molecule has 2 amide bonds. The first-order chi connectivity index (χ1) is 9.43. The van der Waals surface area contributed by atoms with Gasteiger partial charge in [-0.05, 0) is 12.1 Å². The molecule has 2 rings (SSSR count). The number of ether oxygens (including phenoxy) is 1. The van der Waals surface area contributed by atoms with Crippen molar-refractivity contribution in [1.29, 1.82) is 0 Å². The van der Waals surface area contributed by atoms with E-state index < -0.39 is 24.0 Å². The lowest BCUT2D eigenvalue weighted by Gasteiger charge is -2.22. The molecule has 1 fully saturated rings. The number of primary amides is 1. The average Bonchev–Trinajstić information content (AvgIpc) is 2.80. The number of anilines is 1. The molecule has 7 nitrogen and oxygen atoms in total. The number of carbonyl (C=O) groups is 2. The van der Waals surface area contributed by atoms with Crippen molar-refractivity contribution in [2.45, 2.75) is 18.6 Å². The number of nitrogen functional groups attached to an aromatic ring is 1. The van der Waals surface area contributed by atoms with Crippen LogP contribution in [0.5, 0.6) is 5.75 Å². The van der Waals surface area contributed by atoms with E-state index in [1.165, 1.54) is 24.1 Å². The van der Waals surface area contributed by atoms with Crippen LogP contribution < -0.4 is 16.2 Å². The Labute approximate surface area is 116 Å². The molecule has 20 heavy (non-hydrogen) atoms. The van der Waals surface area contributed by atoms with Gasteiger partial charge in [0.25, 0.3) is 5.91 Å². The third-order valence-electron chi connectivity index (χ3n) is 3.36. The Morgan fingerprint density at radius 2 is 2.15 bits per heavy atom. The zero-order valence-corrected chi connectivity index (χ0v) is 11.1. The van der Waals surface area contributed by atoms with Crippen LogP contribution in [0.3, 0.4) is 0 Å². The second-order valence-electron chi connectivity index (χ2n) is 4.72. The normalized spacial score (nSPS) is 21.8. The van der Waals surface area contributed by atoms with E-state index in [0.29, 0.717) is 5.75 Å². The molecule has 2 atom stereocenters. The summed E-state index contributed by atoms with van der Waals surface area (Å²) in [4.78, 5) is 25.0. The summed E-state index contributed by atoms with van der Waals surface area (Å²) in [5, 5.41) is 9.61. The molecular weight excluding hydrogens is 262 g/mol. The molecule has 5 N–H and O–H groups in total. The third kappa shape index (κ3) is 2.53. The summed E-state index contributed by atoms with van der Waals surface area (Å²) in [5.74, 6) is -0.528. The molecule has 7 heteroatoms. The van der Waals surface area contributed by atoms with Crippen molar-refractivity contribution in [3.8, 4) is 5.75 Å². The van der Waals surface area contributed by atoms with E-state index in [-0.39, 0.29) is 24.2 Å². The fraction of sp³-hybridized carbons (Fsp3) is 0.385. The molecule has 1 heterocycles. The van der Waals surface area contributed by atoms with Crippen molar-refractivity contribution in [2.75, 3.05) is 19.4 Å². The molecule has 2 unspecified atom stereocenters. The smallest absolute Gasteiger partial charge is 0.256 e. The predicted molar refractivity (Wildman–Crippen MR) is 72.0 cm³/mol. The molecule has 108 valence electrons. The van der Waals surface area contributed by atoms with Gasteiger partial charge >= 0.3 is 0 Å². The molecule has 0 spiro atoms. The van der Waals surface area contributed by atoms with Crippen LogP contribution >= 0.6 is 0 Å². The van der Waals surface area contributed by atoms with Gasteiger partial charge in [-0.2, -0.15) is 0 Å². The average molecular weight is 279 g/mol. The zero-order valence-electron chi connectivity index (χ0n) is 11.1. The lowest BCUT2D eigenvalue weighted by Crippen LogP contribution is -2.43. The van der Waals surface area contributed by atoms with Crippen molar-refractivity contribution in [1.82, 2.24) is 4.90 Å². The molecular formula is C13H17N3O4. The molecule has 1 aliphatic heterocycles. The fourth-order valence-corrected chi connectivity index (χ4v) is 2.33. The summed E-state index contributed by atoms with van der Waals surface area (Å²) in [6.07, 6.45) is -0.604. The SMILES string of the molecule is COc1ccc(C(=O)N2CC(O)CC2C(N)=O)c(N)c1. The first-order valence-corrected chi connectivity index (χ1v) is 6.16. The van der Waals surface area contributed by atoms with Gasteiger partial charge < -0.3 is 26.2 Å². The maximum Gasteiger partial charge on any atom is 0.256 e. The van der Waals surface area contributed by atoms with Gasteiger partial charge in [-0.25, -0.2) is 0 Å². The Hall–Kier alpha value is -2.28. The van der Waals surface area contributed by atoms with Crippen LogP contribution in [0, 0.1) is 0 Å². The van der Waals surface area contributed by atoms with E-state index in [9.17, 15) is 14.7 Å². The highest BCUT2D eigenvalue weighted by Gasteiger charge is 2.38. The van der Waals surface area contributed by atoms with E-state index in [1.807, 2.05) is 0 Å². The number of aliphatic hydroxyl groups excluding tert-OH is 1. The number of nitrogens with two attached hydrogens (primary N) is 2. The summed E-state index contributed by atoms with van der Waals surface area (Å²) in [6, 6.07) is 3.85. The lowest BCUT2D eigenvalue weighted by atomic mass is 10.1. The minimum atomic E-state index is -0.806. The highest BCUT2D eigenvalue weighted by Crippen LogP contribution is 2.25.